The standard InChI is InChI=1S/C13H17ClN2O/c1-3-17-7-6-16(2)10-12-5-4-11(9-15)8-13(12)14/h4-5,8H,3,6-7,10H2,1-2H3. The number of nitriles is 1. The molecule has 92 valence electrons. The summed E-state index contributed by atoms with van der Waals surface area (Å²) in [7, 11) is 2.02. The summed E-state index contributed by atoms with van der Waals surface area (Å²) >= 11 is 6.10. The maximum Gasteiger partial charge on any atom is 0.0992 e. The van der Waals surface area contributed by atoms with Gasteiger partial charge in [-0.25, -0.2) is 0 Å². The summed E-state index contributed by atoms with van der Waals surface area (Å²) in [4.78, 5) is 2.14. The molecule has 3 nitrogen and oxygen atoms in total. The molecule has 1 aromatic carbocycles. The van der Waals surface area contributed by atoms with E-state index in [4.69, 9.17) is 21.6 Å². The van der Waals surface area contributed by atoms with Crippen LogP contribution in [0.5, 0.6) is 0 Å². The van der Waals surface area contributed by atoms with Gasteiger partial charge in [-0.3, -0.25) is 4.90 Å². The minimum absolute atomic E-state index is 0.593. The molecule has 4 heteroatoms. The maximum atomic E-state index is 8.74. The first-order chi connectivity index (χ1) is 8.17. The van der Waals surface area contributed by atoms with Gasteiger partial charge in [0.1, 0.15) is 0 Å². The third kappa shape index (κ3) is 4.74. The summed E-state index contributed by atoms with van der Waals surface area (Å²) in [5, 5.41) is 9.39. The Morgan fingerprint density at radius 2 is 2.24 bits per heavy atom. The molecule has 1 rings (SSSR count). The number of benzene rings is 1. The van der Waals surface area contributed by atoms with Crippen LogP contribution in [-0.4, -0.2) is 31.7 Å². The molecule has 17 heavy (non-hydrogen) atoms. The quantitative estimate of drug-likeness (QED) is 0.731. The molecular formula is C13H17ClN2O. The first kappa shape index (κ1) is 14.0. The highest BCUT2D eigenvalue weighted by Gasteiger charge is 2.05. The fourth-order valence-corrected chi connectivity index (χ4v) is 1.72. The lowest BCUT2D eigenvalue weighted by atomic mass is 10.1. The molecule has 0 N–H and O–H groups in total. The minimum Gasteiger partial charge on any atom is -0.380 e. The lowest BCUT2D eigenvalue weighted by Gasteiger charge is -2.17. The Bertz CT molecular complexity index is 401. The van der Waals surface area contributed by atoms with Gasteiger partial charge in [0.15, 0.2) is 0 Å². The molecular weight excluding hydrogens is 236 g/mol. The second-order valence-electron chi connectivity index (χ2n) is 3.85. The van der Waals surface area contributed by atoms with E-state index >= 15 is 0 Å². The average molecular weight is 253 g/mol. The molecule has 0 saturated carbocycles. The van der Waals surface area contributed by atoms with Crippen LogP contribution in [0.25, 0.3) is 0 Å². The molecule has 0 aliphatic heterocycles. The van der Waals surface area contributed by atoms with Crippen molar-refractivity contribution in [2.75, 3.05) is 26.8 Å². The van der Waals surface area contributed by atoms with Crippen molar-refractivity contribution in [3.05, 3.63) is 34.3 Å². The number of likely N-dealkylation sites (N-methyl/N-ethyl adjacent to an activating group) is 1. The monoisotopic (exact) mass is 252 g/mol. The van der Waals surface area contributed by atoms with Crippen LogP contribution in [0, 0.1) is 11.3 Å². The number of nitrogens with zero attached hydrogens (tertiary/aromatic N) is 2. The third-order valence-electron chi connectivity index (χ3n) is 2.44. The summed E-state index contributed by atoms with van der Waals surface area (Å²) < 4.78 is 5.29. The van der Waals surface area contributed by atoms with E-state index in [-0.39, 0.29) is 0 Å². The van der Waals surface area contributed by atoms with E-state index in [9.17, 15) is 0 Å². The molecule has 0 aliphatic carbocycles. The van der Waals surface area contributed by atoms with Gasteiger partial charge in [0.05, 0.1) is 18.2 Å². The Morgan fingerprint density at radius 3 is 2.82 bits per heavy atom. The van der Waals surface area contributed by atoms with Crippen molar-refractivity contribution in [3.8, 4) is 6.07 Å². The van der Waals surface area contributed by atoms with Gasteiger partial charge in [-0.1, -0.05) is 17.7 Å². The molecule has 0 aromatic heterocycles. The first-order valence-electron chi connectivity index (χ1n) is 5.62. The van der Waals surface area contributed by atoms with Gasteiger partial charge in [0, 0.05) is 24.7 Å². The van der Waals surface area contributed by atoms with Gasteiger partial charge in [0.2, 0.25) is 0 Å². The fraction of sp³-hybridized carbons (Fsp3) is 0.462. The van der Waals surface area contributed by atoms with Crippen LogP contribution in [0.2, 0.25) is 5.02 Å². The number of hydrogen-bond acceptors (Lipinski definition) is 3. The number of hydrogen-bond donors (Lipinski definition) is 0. The van der Waals surface area contributed by atoms with Crippen molar-refractivity contribution in [3.63, 3.8) is 0 Å². The van der Waals surface area contributed by atoms with Gasteiger partial charge >= 0.3 is 0 Å². The fourth-order valence-electron chi connectivity index (χ4n) is 1.48. The van der Waals surface area contributed by atoms with Crippen LogP contribution in [0.15, 0.2) is 18.2 Å². The number of ether oxygens (including phenoxy) is 1. The van der Waals surface area contributed by atoms with Crippen molar-refractivity contribution < 1.29 is 4.74 Å². The van der Waals surface area contributed by atoms with Crippen LogP contribution >= 0.6 is 11.6 Å². The Balaban J connectivity index is 2.54. The molecule has 0 fully saturated rings. The van der Waals surface area contributed by atoms with Crippen LogP contribution in [-0.2, 0) is 11.3 Å². The average Bonchev–Trinajstić information content (AvgIpc) is 2.32. The van der Waals surface area contributed by atoms with E-state index in [0.29, 0.717) is 10.6 Å². The van der Waals surface area contributed by atoms with E-state index in [1.165, 1.54) is 0 Å². The van der Waals surface area contributed by atoms with Crippen molar-refractivity contribution >= 4 is 11.6 Å². The lowest BCUT2D eigenvalue weighted by molar-refractivity contribution is 0.120. The van der Waals surface area contributed by atoms with Crippen LogP contribution < -0.4 is 0 Å². The topological polar surface area (TPSA) is 36.3 Å². The highest BCUT2D eigenvalue weighted by molar-refractivity contribution is 6.31. The van der Waals surface area contributed by atoms with Crippen LogP contribution in [0.4, 0.5) is 0 Å². The largest absolute Gasteiger partial charge is 0.380 e. The van der Waals surface area contributed by atoms with Crippen molar-refractivity contribution in [1.29, 1.82) is 5.26 Å². The predicted octanol–water partition coefficient (Wildman–Crippen LogP) is 2.68. The molecule has 0 spiro atoms. The molecule has 0 unspecified atom stereocenters. The van der Waals surface area contributed by atoms with E-state index in [1.54, 1.807) is 12.1 Å². The van der Waals surface area contributed by atoms with Gasteiger partial charge in [0.25, 0.3) is 0 Å². The summed E-state index contributed by atoms with van der Waals surface area (Å²) in [5.41, 5.74) is 1.63. The zero-order valence-corrected chi connectivity index (χ0v) is 11.0. The SMILES string of the molecule is CCOCCN(C)Cc1ccc(C#N)cc1Cl. The molecule has 0 amide bonds. The van der Waals surface area contributed by atoms with Gasteiger partial charge in [-0.2, -0.15) is 5.26 Å². The zero-order valence-electron chi connectivity index (χ0n) is 10.2. The van der Waals surface area contributed by atoms with Crippen molar-refractivity contribution in [2.24, 2.45) is 0 Å². The van der Waals surface area contributed by atoms with E-state index in [2.05, 4.69) is 11.0 Å². The lowest BCUT2D eigenvalue weighted by Crippen LogP contribution is -2.22. The molecule has 0 atom stereocenters. The van der Waals surface area contributed by atoms with E-state index < -0.39 is 0 Å². The molecule has 0 heterocycles. The van der Waals surface area contributed by atoms with Gasteiger partial charge in [-0.15, -0.1) is 0 Å². The van der Waals surface area contributed by atoms with Gasteiger partial charge in [-0.05, 0) is 31.7 Å². The minimum atomic E-state index is 0.593. The van der Waals surface area contributed by atoms with Gasteiger partial charge < -0.3 is 4.74 Å². The smallest absolute Gasteiger partial charge is 0.0992 e. The first-order valence-corrected chi connectivity index (χ1v) is 6.00. The Morgan fingerprint density at radius 1 is 1.47 bits per heavy atom. The normalized spacial score (nSPS) is 10.5. The summed E-state index contributed by atoms with van der Waals surface area (Å²) in [6, 6.07) is 7.46. The van der Waals surface area contributed by atoms with E-state index in [0.717, 1.165) is 31.9 Å². The Kier molecular flexibility index (Phi) is 5.99. The Hall–Kier alpha value is -1.08. The highest BCUT2D eigenvalue weighted by atomic mass is 35.5. The second kappa shape index (κ2) is 7.29. The van der Waals surface area contributed by atoms with Crippen molar-refractivity contribution in [1.82, 2.24) is 4.90 Å². The molecule has 0 bridgehead atoms. The summed E-state index contributed by atoms with van der Waals surface area (Å²) in [6.45, 7) is 5.08. The molecule has 1 aromatic rings. The summed E-state index contributed by atoms with van der Waals surface area (Å²) in [6.07, 6.45) is 0. The van der Waals surface area contributed by atoms with Crippen LogP contribution in [0.1, 0.15) is 18.1 Å². The Labute approximate surface area is 108 Å². The number of halogens is 1. The highest BCUT2D eigenvalue weighted by Crippen LogP contribution is 2.18. The maximum absolute atomic E-state index is 8.74. The van der Waals surface area contributed by atoms with Crippen LogP contribution in [0.3, 0.4) is 0 Å². The van der Waals surface area contributed by atoms with E-state index in [1.807, 2.05) is 20.0 Å². The zero-order chi connectivity index (χ0) is 12.7. The molecule has 0 aliphatic rings. The second-order valence-corrected chi connectivity index (χ2v) is 4.26. The number of rotatable bonds is 6. The predicted molar refractivity (Wildman–Crippen MR) is 69.0 cm³/mol. The molecule has 0 saturated heterocycles. The summed E-state index contributed by atoms with van der Waals surface area (Å²) in [5.74, 6) is 0. The third-order valence-corrected chi connectivity index (χ3v) is 2.80. The molecule has 0 radical (unpaired) electrons. The van der Waals surface area contributed by atoms with Crippen molar-refractivity contribution in [2.45, 2.75) is 13.5 Å².